The van der Waals surface area contributed by atoms with Gasteiger partial charge in [0.25, 0.3) is 0 Å². The van der Waals surface area contributed by atoms with Crippen LogP contribution in [0.25, 0.3) is 0 Å². The third kappa shape index (κ3) is 1.57. The van der Waals surface area contributed by atoms with Gasteiger partial charge < -0.3 is 4.90 Å². The number of hydrogen-bond acceptors (Lipinski definition) is 2. The zero-order valence-corrected chi connectivity index (χ0v) is 7.54. The van der Waals surface area contributed by atoms with Crippen molar-refractivity contribution in [3.05, 3.63) is 0 Å². The first-order chi connectivity index (χ1) is 5.66. The van der Waals surface area contributed by atoms with E-state index in [4.69, 9.17) is 0 Å². The van der Waals surface area contributed by atoms with Gasteiger partial charge in [-0.3, -0.25) is 9.69 Å². The lowest BCUT2D eigenvalue weighted by Crippen LogP contribution is -2.50. The van der Waals surface area contributed by atoms with Crippen LogP contribution < -0.4 is 0 Å². The van der Waals surface area contributed by atoms with Crippen LogP contribution in [0.3, 0.4) is 0 Å². The van der Waals surface area contributed by atoms with E-state index in [9.17, 15) is 9.59 Å². The summed E-state index contributed by atoms with van der Waals surface area (Å²) >= 11 is 0. The van der Waals surface area contributed by atoms with Crippen LogP contribution in [-0.4, -0.2) is 41.9 Å². The lowest BCUT2D eigenvalue weighted by Gasteiger charge is -2.31. The van der Waals surface area contributed by atoms with Crippen LogP contribution in [-0.2, 0) is 4.79 Å². The second kappa shape index (κ2) is 3.56. The number of rotatable bonds is 2. The zero-order valence-electron chi connectivity index (χ0n) is 7.54. The van der Waals surface area contributed by atoms with Crippen molar-refractivity contribution in [2.75, 3.05) is 20.1 Å². The molecule has 0 bridgehead atoms. The number of nitrogens with zero attached hydrogens (tertiary/aromatic N) is 2. The molecule has 1 aliphatic rings. The van der Waals surface area contributed by atoms with Crippen molar-refractivity contribution in [2.45, 2.75) is 19.8 Å². The van der Waals surface area contributed by atoms with Gasteiger partial charge in [0.2, 0.25) is 5.91 Å². The number of carbonyl (C=O) groups is 2. The van der Waals surface area contributed by atoms with Crippen molar-refractivity contribution >= 4 is 11.9 Å². The van der Waals surface area contributed by atoms with Gasteiger partial charge in [-0.15, -0.1) is 0 Å². The predicted molar refractivity (Wildman–Crippen MR) is 44.6 cm³/mol. The van der Waals surface area contributed by atoms with E-state index in [2.05, 4.69) is 0 Å². The number of amides is 3. The molecule has 0 aromatic heterocycles. The first-order valence-corrected chi connectivity index (χ1v) is 4.22. The van der Waals surface area contributed by atoms with Crippen molar-refractivity contribution in [1.82, 2.24) is 9.80 Å². The summed E-state index contributed by atoms with van der Waals surface area (Å²) in [7, 11) is 1.72. The van der Waals surface area contributed by atoms with Gasteiger partial charge in [-0.2, -0.15) is 0 Å². The van der Waals surface area contributed by atoms with E-state index in [-0.39, 0.29) is 11.9 Å². The summed E-state index contributed by atoms with van der Waals surface area (Å²) in [5, 5.41) is 0. The second-order valence-corrected chi connectivity index (χ2v) is 3.00. The average Bonchev–Trinajstić information content (AvgIpc) is 2.06. The standard InChI is InChI=1S/C8H14N2O2/c1-3-5-10-7(11)4-6-9(2)8(10)12/h3-6H2,1-2H3. The molecule has 0 saturated carbocycles. The summed E-state index contributed by atoms with van der Waals surface area (Å²) in [5.74, 6) is -0.0417. The molecule has 3 amide bonds. The largest absolute Gasteiger partial charge is 0.327 e. The maximum absolute atomic E-state index is 11.4. The first-order valence-electron chi connectivity index (χ1n) is 4.22. The molecule has 0 spiro atoms. The van der Waals surface area contributed by atoms with E-state index < -0.39 is 0 Å². The Labute approximate surface area is 72.1 Å². The molecule has 0 aromatic rings. The topological polar surface area (TPSA) is 40.6 Å². The van der Waals surface area contributed by atoms with Crippen LogP contribution >= 0.6 is 0 Å². The Bertz CT molecular complexity index is 203. The summed E-state index contributed by atoms with van der Waals surface area (Å²) in [5.41, 5.74) is 0. The molecule has 1 aliphatic heterocycles. The highest BCUT2D eigenvalue weighted by Gasteiger charge is 2.28. The van der Waals surface area contributed by atoms with Crippen molar-refractivity contribution in [1.29, 1.82) is 0 Å². The average molecular weight is 170 g/mol. The Balaban J connectivity index is 2.65. The van der Waals surface area contributed by atoms with Crippen molar-refractivity contribution < 1.29 is 9.59 Å². The van der Waals surface area contributed by atoms with Crippen LogP contribution in [0.2, 0.25) is 0 Å². The third-order valence-electron chi connectivity index (χ3n) is 1.97. The second-order valence-electron chi connectivity index (χ2n) is 3.00. The van der Waals surface area contributed by atoms with Gasteiger partial charge in [-0.05, 0) is 6.42 Å². The quantitative estimate of drug-likeness (QED) is 0.611. The summed E-state index contributed by atoms with van der Waals surface area (Å²) in [4.78, 5) is 25.5. The highest BCUT2D eigenvalue weighted by molar-refractivity contribution is 5.96. The van der Waals surface area contributed by atoms with Crippen molar-refractivity contribution in [2.24, 2.45) is 0 Å². The minimum atomic E-state index is -0.159. The number of carbonyl (C=O) groups excluding carboxylic acids is 2. The van der Waals surface area contributed by atoms with E-state index in [1.807, 2.05) is 6.92 Å². The molecule has 0 unspecified atom stereocenters. The molecule has 0 N–H and O–H groups in total. The lowest BCUT2D eigenvalue weighted by atomic mass is 10.2. The van der Waals surface area contributed by atoms with Gasteiger partial charge in [-0.25, -0.2) is 4.79 Å². The zero-order chi connectivity index (χ0) is 9.14. The minimum absolute atomic E-state index is 0.0417. The third-order valence-corrected chi connectivity index (χ3v) is 1.97. The fourth-order valence-corrected chi connectivity index (χ4v) is 1.25. The lowest BCUT2D eigenvalue weighted by molar-refractivity contribution is -0.130. The Morgan fingerprint density at radius 2 is 2.08 bits per heavy atom. The number of imide groups is 1. The van der Waals surface area contributed by atoms with E-state index in [0.717, 1.165) is 6.42 Å². The normalized spacial score (nSPS) is 18.8. The van der Waals surface area contributed by atoms with Gasteiger partial charge in [0.05, 0.1) is 0 Å². The Kier molecular flexibility index (Phi) is 2.68. The van der Waals surface area contributed by atoms with Crippen LogP contribution in [0.4, 0.5) is 4.79 Å². The van der Waals surface area contributed by atoms with Gasteiger partial charge in [0.1, 0.15) is 0 Å². The molecule has 4 nitrogen and oxygen atoms in total. The van der Waals surface area contributed by atoms with Crippen molar-refractivity contribution in [3.63, 3.8) is 0 Å². The molecule has 0 atom stereocenters. The van der Waals surface area contributed by atoms with Crippen LogP contribution in [0, 0.1) is 0 Å². The number of hydrogen-bond donors (Lipinski definition) is 0. The van der Waals surface area contributed by atoms with Crippen LogP contribution in [0.1, 0.15) is 19.8 Å². The molecule has 4 heteroatoms. The SMILES string of the molecule is CCCN1C(=O)CCN(C)C1=O. The molecule has 0 radical (unpaired) electrons. The maximum atomic E-state index is 11.4. The molecule has 1 saturated heterocycles. The molecular weight excluding hydrogens is 156 g/mol. The maximum Gasteiger partial charge on any atom is 0.326 e. The first kappa shape index (κ1) is 9.03. The monoisotopic (exact) mass is 170 g/mol. The summed E-state index contributed by atoms with van der Waals surface area (Å²) in [6.45, 7) is 3.05. The predicted octanol–water partition coefficient (Wildman–Crippen LogP) is 0.680. The number of urea groups is 1. The molecule has 0 aliphatic carbocycles. The minimum Gasteiger partial charge on any atom is -0.327 e. The molecule has 1 fully saturated rings. The van der Waals surface area contributed by atoms with Crippen molar-refractivity contribution in [3.8, 4) is 0 Å². The van der Waals surface area contributed by atoms with E-state index in [0.29, 0.717) is 19.5 Å². The molecule has 12 heavy (non-hydrogen) atoms. The van der Waals surface area contributed by atoms with Gasteiger partial charge >= 0.3 is 6.03 Å². The van der Waals surface area contributed by atoms with Crippen LogP contribution in [0.5, 0.6) is 0 Å². The van der Waals surface area contributed by atoms with E-state index >= 15 is 0 Å². The molecular formula is C8H14N2O2. The Hall–Kier alpha value is -1.06. The van der Waals surface area contributed by atoms with Gasteiger partial charge in [0.15, 0.2) is 0 Å². The highest BCUT2D eigenvalue weighted by atomic mass is 16.2. The Morgan fingerprint density at radius 1 is 1.42 bits per heavy atom. The Morgan fingerprint density at radius 3 is 2.67 bits per heavy atom. The van der Waals surface area contributed by atoms with Gasteiger partial charge in [0, 0.05) is 26.6 Å². The summed E-state index contributed by atoms with van der Waals surface area (Å²) < 4.78 is 0. The highest BCUT2D eigenvalue weighted by Crippen LogP contribution is 2.08. The molecule has 68 valence electrons. The van der Waals surface area contributed by atoms with Crippen LogP contribution in [0.15, 0.2) is 0 Å². The molecule has 1 heterocycles. The fourth-order valence-electron chi connectivity index (χ4n) is 1.25. The fraction of sp³-hybridized carbons (Fsp3) is 0.750. The molecule has 0 aromatic carbocycles. The van der Waals surface area contributed by atoms with Gasteiger partial charge in [-0.1, -0.05) is 6.92 Å². The van der Waals surface area contributed by atoms with E-state index in [1.54, 1.807) is 11.9 Å². The summed E-state index contributed by atoms with van der Waals surface area (Å²) in [6, 6.07) is -0.159. The summed E-state index contributed by atoms with van der Waals surface area (Å²) in [6.07, 6.45) is 1.29. The molecule has 1 rings (SSSR count). The smallest absolute Gasteiger partial charge is 0.326 e. The van der Waals surface area contributed by atoms with E-state index in [1.165, 1.54) is 4.90 Å².